The van der Waals surface area contributed by atoms with Crippen LogP contribution in [0.15, 0.2) is 4.99 Å². The third-order valence-corrected chi connectivity index (χ3v) is 5.52. The van der Waals surface area contributed by atoms with Crippen molar-refractivity contribution in [2.75, 3.05) is 38.8 Å². The van der Waals surface area contributed by atoms with Crippen LogP contribution in [0.2, 0.25) is 0 Å². The van der Waals surface area contributed by atoms with E-state index < -0.39 is 0 Å². The van der Waals surface area contributed by atoms with Gasteiger partial charge in [0.05, 0.1) is 5.60 Å². The van der Waals surface area contributed by atoms with Crippen molar-refractivity contribution in [3.63, 3.8) is 0 Å². The Balaban J connectivity index is 1.97. The standard InChI is InChI=1S/C17H32N4O2S/c1-13(2)19-16(18-12-15(22)21(3)4)20-14-5-8-23-17(11-14)6-9-24-10-7-17/h13-14H,5-12H2,1-4H3,(H2,18,19,20). The number of nitrogens with zero attached hydrogens (tertiary/aromatic N) is 2. The first kappa shape index (κ1) is 19.4. The minimum atomic E-state index is 0.00705. The molecule has 6 nitrogen and oxygen atoms in total. The molecule has 138 valence electrons. The minimum Gasteiger partial charge on any atom is -0.375 e. The number of ether oxygens (including phenoxy) is 1. The van der Waals surface area contributed by atoms with Gasteiger partial charge in [-0.2, -0.15) is 11.8 Å². The molecule has 2 rings (SSSR count). The van der Waals surface area contributed by atoms with Gasteiger partial charge in [-0.25, -0.2) is 4.99 Å². The number of likely N-dealkylation sites (N-methyl/N-ethyl adjacent to an activating group) is 1. The van der Waals surface area contributed by atoms with E-state index in [1.807, 2.05) is 11.8 Å². The Morgan fingerprint density at radius 2 is 2.08 bits per heavy atom. The number of carbonyl (C=O) groups is 1. The molecule has 24 heavy (non-hydrogen) atoms. The van der Waals surface area contributed by atoms with E-state index in [0.717, 1.165) is 38.2 Å². The summed E-state index contributed by atoms with van der Waals surface area (Å²) in [5, 5.41) is 6.87. The van der Waals surface area contributed by atoms with Gasteiger partial charge in [0.15, 0.2) is 5.96 Å². The van der Waals surface area contributed by atoms with Crippen LogP contribution in [0, 0.1) is 0 Å². The summed E-state index contributed by atoms with van der Waals surface area (Å²) >= 11 is 2.02. The number of aliphatic imine (C=N–C) groups is 1. The fourth-order valence-corrected chi connectivity index (χ4v) is 4.37. The molecular weight excluding hydrogens is 324 g/mol. The molecule has 0 aliphatic carbocycles. The van der Waals surface area contributed by atoms with E-state index in [9.17, 15) is 4.79 Å². The summed E-state index contributed by atoms with van der Waals surface area (Å²) in [7, 11) is 3.51. The lowest BCUT2D eigenvalue weighted by Crippen LogP contribution is -2.53. The molecule has 1 atom stereocenters. The number of carbonyl (C=O) groups excluding carboxylic acids is 1. The molecule has 2 heterocycles. The number of thioether (sulfide) groups is 1. The van der Waals surface area contributed by atoms with E-state index in [1.165, 1.54) is 11.5 Å². The van der Waals surface area contributed by atoms with Crippen LogP contribution in [0.1, 0.15) is 39.5 Å². The third-order valence-electron chi connectivity index (χ3n) is 4.53. The summed E-state index contributed by atoms with van der Waals surface area (Å²) < 4.78 is 6.15. The Hall–Kier alpha value is -0.950. The maximum Gasteiger partial charge on any atom is 0.243 e. The summed E-state index contributed by atoms with van der Waals surface area (Å²) in [5.74, 6) is 3.12. The van der Waals surface area contributed by atoms with Gasteiger partial charge in [0.2, 0.25) is 5.91 Å². The summed E-state index contributed by atoms with van der Waals surface area (Å²) in [4.78, 5) is 17.8. The zero-order valence-corrected chi connectivity index (χ0v) is 16.2. The van der Waals surface area contributed by atoms with Crippen molar-refractivity contribution in [2.24, 2.45) is 4.99 Å². The van der Waals surface area contributed by atoms with Gasteiger partial charge >= 0.3 is 0 Å². The normalized spacial score (nSPS) is 24.0. The summed E-state index contributed by atoms with van der Waals surface area (Å²) in [6.07, 6.45) is 4.28. The van der Waals surface area contributed by atoms with Crippen LogP contribution in [0.3, 0.4) is 0 Å². The lowest BCUT2D eigenvalue weighted by Gasteiger charge is -2.43. The second kappa shape index (κ2) is 8.94. The van der Waals surface area contributed by atoms with Crippen LogP contribution >= 0.6 is 11.8 Å². The number of nitrogens with one attached hydrogen (secondary N) is 2. The van der Waals surface area contributed by atoms with Crippen LogP contribution in [0.5, 0.6) is 0 Å². The van der Waals surface area contributed by atoms with Crippen molar-refractivity contribution in [1.82, 2.24) is 15.5 Å². The van der Waals surface area contributed by atoms with Crippen LogP contribution in [-0.2, 0) is 9.53 Å². The number of hydrogen-bond acceptors (Lipinski definition) is 4. The Labute approximate surface area is 150 Å². The molecule has 0 saturated carbocycles. The van der Waals surface area contributed by atoms with Crippen molar-refractivity contribution in [3.8, 4) is 0 Å². The van der Waals surface area contributed by atoms with Crippen molar-refractivity contribution >= 4 is 23.6 Å². The van der Waals surface area contributed by atoms with Crippen molar-refractivity contribution in [3.05, 3.63) is 0 Å². The lowest BCUT2D eigenvalue weighted by atomic mass is 9.85. The molecule has 0 aromatic heterocycles. The van der Waals surface area contributed by atoms with E-state index in [0.29, 0.717) is 6.04 Å². The van der Waals surface area contributed by atoms with Gasteiger partial charge in [0, 0.05) is 32.8 Å². The van der Waals surface area contributed by atoms with Crippen molar-refractivity contribution in [2.45, 2.75) is 57.2 Å². The molecule has 0 bridgehead atoms. The first-order valence-electron chi connectivity index (χ1n) is 8.89. The predicted molar refractivity (Wildman–Crippen MR) is 101 cm³/mol. The van der Waals surface area contributed by atoms with Crippen molar-refractivity contribution in [1.29, 1.82) is 0 Å². The topological polar surface area (TPSA) is 66.0 Å². The Morgan fingerprint density at radius 1 is 1.38 bits per heavy atom. The summed E-state index contributed by atoms with van der Waals surface area (Å²) in [6, 6.07) is 0.617. The molecule has 1 unspecified atom stereocenters. The maximum atomic E-state index is 11.8. The average Bonchev–Trinajstić information content (AvgIpc) is 2.52. The highest BCUT2D eigenvalue weighted by molar-refractivity contribution is 7.99. The predicted octanol–water partition coefficient (Wildman–Crippen LogP) is 1.46. The molecule has 2 N–H and O–H groups in total. The molecular formula is C17H32N4O2S. The van der Waals surface area contributed by atoms with Gasteiger partial charge in [-0.3, -0.25) is 4.79 Å². The van der Waals surface area contributed by atoms with E-state index in [2.05, 4.69) is 29.5 Å². The van der Waals surface area contributed by atoms with Crippen molar-refractivity contribution < 1.29 is 9.53 Å². The Kier molecular flexibility index (Phi) is 7.22. The van der Waals surface area contributed by atoms with Gasteiger partial charge in [-0.1, -0.05) is 0 Å². The van der Waals surface area contributed by atoms with Gasteiger partial charge in [0.1, 0.15) is 6.54 Å². The maximum absolute atomic E-state index is 11.8. The highest BCUT2D eigenvalue weighted by Gasteiger charge is 2.39. The molecule has 7 heteroatoms. The molecule has 2 aliphatic rings. The molecule has 2 aliphatic heterocycles. The zero-order valence-electron chi connectivity index (χ0n) is 15.4. The average molecular weight is 357 g/mol. The first-order valence-corrected chi connectivity index (χ1v) is 10.0. The quantitative estimate of drug-likeness (QED) is 0.590. The van der Waals surface area contributed by atoms with Crippen LogP contribution < -0.4 is 10.6 Å². The van der Waals surface area contributed by atoms with Gasteiger partial charge in [0.25, 0.3) is 0 Å². The minimum absolute atomic E-state index is 0.00705. The van der Waals surface area contributed by atoms with Crippen LogP contribution in [0.25, 0.3) is 0 Å². The fraction of sp³-hybridized carbons (Fsp3) is 0.882. The monoisotopic (exact) mass is 356 g/mol. The second-order valence-electron chi connectivity index (χ2n) is 7.23. The Bertz CT molecular complexity index is 442. The molecule has 1 amide bonds. The highest BCUT2D eigenvalue weighted by atomic mass is 32.2. The smallest absolute Gasteiger partial charge is 0.243 e. The largest absolute Gasteiger partial charge is 0.375 e. The van der Waals surface area contributed by atoms with Gasteiger partial charge in [-0.05, 0) is 51.0 Å². The zero-order chi connectivity index (χ0) is 17.6. The second-order valence-corrected chi connectivity index (χ2v) is 8.45. The molecule has 0 aromatic carbocycles. The number of amides is 1. The summed E-state index contributed by atoms with van der Waals surface area (Å²) in [5.41, 5.74) is 0.0452. The van der Waals surface area contributed by atoms with Crippen LogP contribution in [0.4, 0.5) is 0 Å². The highest BCUT2D eigenvalue weighted by Crippen LogP contribution is 2.37. The SMILES string of the molecule is CC(C)NC(=NCC(=O)N(C)C)NC1CCOC2(CCSCC2)C1. The Morgan fingerprint density at radius 3 is 2.71 bits per heavy atom. The molecule has 0 aromatic rings. The number of guanidine groups is 1. The molecule has 2 saturated heterocycles. The first-order chi connectivity index (χ1) is 11.4. The van der Waals surface area contributed by atoms with E-state index in [4.69, 9.17) is 4.74 Å². The van der Waals surface area contributed by atoms with Gasteiger partial charge in [-0.15, -0.1) is 0 Å². The van der Waals surface area contributed by atoms with Crippen LogP contribution in [-0.4, -0.2) is 73.2 Å². The molecule has 0 radical (unpaired) electrons. The van der Waals surface area contributed by atoms with Gasteiger partial charge < -0.3 is 20.3 Å². The lowest BCUT2D eigenvalue weighted by molar-refractivity contribution is -0.127. The fourth-order valence-electron chi connectivity index (χ4n) is 3.13. The van der Waals surface area contributed by atoms with E-state index >= 15 is 0 Å². The third kappa shape index (κ3) is 5.84. The molecule has 2 fully saturated rings. The number of hydrogen-bond donors (Lipinski definition) is 2. The van der Waals surface area contributed by atoms with E-state index in [-0.39, 0.29) is 24.1 Å². The van der Waals surface area contributed by atoms with E-state index in [1.54, 1.807) is 19.0 Å². The molecule has 1 spiro atoms. The summed E-state index contributed by atoms with van der Waals surface area (Å²) in [6.45, 7) is 5.12. The number of rotatable bonds is 4.